The van der Waals surface area contributed by atoms with Crippen LogP contribution in [0.2, 0.25) is 0 Å². The Morgan fingerprint density at radius 3 is 3.00 bits per heavy atom. The van der Waals surface area contributed by atoms with Crippen LogP contribution in [0.3, 0.4) is 0 Å². The molecule has 2 aliphatic rings. The Balaban J connectivity index is 2.31. The molecule has 0 N–H and O–H groups in total. The Labute approximate surface area is 73.3 Å². The highest BCUT2D eigenvalue weighted by Gasteiger charge is 2.33. The van der Waals surface area contributed by atoms with Crippen LogP contribution in [0.1, 0.15) is 12.8 Å². The van der Waals surface area contributed by atoms with Crippen LogP contribution in [0.25, 0.3) is 0 Å². The third kappa shape index (κ3) is 0.856. The van der Waals surface area contributed by atoms with Crippen LogP contribution in [-0.2, 0) is 4.79 Å². The molecule has 2 rings (SSSR count). The Bertz CT molecular complexity index is 250. The summed E-state index contributed by atoms with van der Waals surface area (Å²) in [5, 5.41) is 0. The van der Waals surface area contributed by atoms with E-state index in [2.05, 4.69) is 28.7 Å². The third-order valence-corrected chi connectivity index (χ3v) is 2.84. The summed E-state index contributed by atoms with van der Waals surface area (Å²) in [4.78, 5) is 10.9. The summed E-state index contributed by atoms with van der Waals surface area (Å²) >= 11 is 2.26. The van der Waals surface area contributed by atoms with E-state index in [1.54, 1.807) is 0 Å². The van der Waals surface area contributed by atoms with Crippen LogP contribution in [0.15, 0.2) is 21.3 Å². The van der Waals surface area contributed by atoms with Crippen molar-refractivity contribution < 1.29 is 4.79 Å². The summed E-state index contributed by atoms with van der Waals surface area (Å²) in [6, 6.07) is 0. The zero-order chi connectivity index (χ0) is 7.14. The van der Waals surface area contributed by atoms with Gasteiger partial charge in [0.2, 0.25) is 0 Å². The molecule has 1 nitrogen and oxygen atoms in total. The fourth-order valence-electron chi connectivity index (χ4n) is 1.42. The van der Waals surface area contributed by atoms with Crippen molar-refractivity contribution in [2.24, 2.45) is 5.92 Å². The van der Waals surface area contributed by atoms with Crippen molar-refractivity contribution in [3.05, 3.63) is 21.3 Å². The molecule has 0 spiro atoms. The maximum Gasteiger partial charge on any atom is 0.159 e. The number of hydrogen-bond acceptors (Lipinski definition) is 1. The summed E-state index contributed by atoms with van der Waals surface area (Å²) < 4.78 is 1.22. The minimum absolute atomic E-state index is 0.354. The van der Waals surface area contributed by atoms with Gasteiger partial charge in [-0.25, -0.2) is 0 Å². The van der Waals surface area contributed by atoms with Crippen LogP contribution in [-0.4, -0.2) is 5.78 Å². The highest BCUT2D eigenvalue weighted by molar-refractivity contribution is 14.1. The predicted molar refractivity (Wildman–Crippen MR) is 47.9 cm³/mol. The van der Waals surface area contributed by atoms with Gasteiger partial charge in [0.15, 0.2) is 5.78 Å². The van der Waals surface area contributed by atoms with Crippen molar-refractivity contribution in [2.75, 3.05) is 0 Å². The molecule has 0 amide bonds. The van der Waals surface area contributed by atoms with Crippen LogP contribution in [0.5, 0.6) is 0 Å². The van der Waals surface area contributed by atoms with Gasteiger partial charge >= 0.3 is 0 Å². The molecule has 2 heteroatoms. The first-order valence-corrected chi connectivity index (χ1v) is 4.45. The third-order valence-electron chi connectivity index (χ3n) is 2.08. The average Bonchev–Trinajstić information content (AvgIpc) is 1.92. The second-order valence-corrected chi connectivity index (χ2v) is 3.99. The molecule has 1 fully saturated rings. The standard InChI is InChI=1S/C8H7IO/c9-6-2-1-5-3-8(10)7(5)4-6/h2,4-5H,1,3H2. The Kier molecular flexibility index (Phi) is 1.44. The number of hydrogen-bond donors (Lipinski definition) is 0. The van der Waals surface area contributed by atoms with Gasteiger partial charge < -0.3 is 0 Å². The number of carbonyl (C=O) groups excluding carboxylic acids is 1. The first-order chi connectivity index (χ1) is 4.77. The molecule has 2 aliphatic carbocycles. The van der Waals surface area contributed by atoms with Crippen molar-refractivity contribution in [1.82, 2.24) is 0 Å². The molecule has 0 bridgehead atoms. The van der Waals surface area contributed by atoms with E-state index in [0.29, 0.717) is 11.7 Å². The van der Waals surface area contributed by atoms with Crippen LogP contribution in [0.4, 0.5) is 0 Å². The van der Waals surface area contributed by atoms with Crippen molar-refractivity contribution in [3.8, 4) is 0 Å². The summed E-state index contributed by atoms with van der Waals surface area (Å²) in [5.74, 6) is 0.929. The Morgan fingerprint density at radius 2 is 2.40 bits per heavy atom. The van der Waals surface area contributed by atoms with Crippen LogP contribution >= 0.6 is 22.6 Å². The monoisotopic (exact) mass is 246 g/mol. The van der Waals surface area contributed by atoms with Crippen LogP contribution < -0.4 is 0 Å². The average molecular weight is 246 g/mol. The van der Waals surface area contributed by atoms with Gasteiger partial charge in [0, 0.05) is 15.6 Å². The molecule has 0 aromatic rings. The van der Waals surface area contributed by atoms with Gasteiger partial charge in [-0.1, -0.05) is 6.08 Å². The summed E-state index contributed by atoms with van der Waals surface area (Å²) in [7, 11) is 0. The van der Waals surface area contributed by atoms with Gasteiger partial charge in [-0.3, -0.25) is 4.79 Å². The van der Waals surface area contributed by atoms with E-state index < -0.39 is 0 Å². The molecule has 0 saturated heterocycles. The molecule has 1 unspecified atom stereocenters. The van der Waals surface area contributed by atoms with E-state index in [0.717, 1.165) is 18.4 Å². The first-order valence-electron chi connectivity index (χ1n) is 3.38. The maximum absolute atomic E-state index is 10.9. The van der Waals surface area contributed by atoms with Crippen molar-refractivity contribution in [3.63, 3.8) is 0 Å². The fourth-order valence-corrected chi connectivity index (χ4v) is 2.01. The van der Waals surface area contributed by atoms with Gasteiger partial charge in [-0.05, 0) is 41.0 Å². The van der Waals surface area contributed by atoms with Crippen molar-refractivity contribution in [1.29, 1.82) is 0 Å². The van der Waals surface area contributed by atoms with Crippen molar-refractivity contribution >= 4 is 28.4 Å². The zero-order valence-electron chi connectivity index (χ0n) is 5.43. The van der Waals surface area contributed by atoms with E-state index in [1.165, 1.54) is 3.58 Å². The molecule has 0 radical (unpaired) electrons. The number of Topliss-reactive ketones (excluding diaryl/α,β-unsaturated/α-hetero) is 1. The topological polar surface area (TPSA) is 17.1 Å². The van der Waals surface area contributed by atoms with Crippen LogP contribution in [0, 0.1) is 5.92 Å². The molecule has 1 atom stereocenters. The second-order valence-electron chi connectivity index (χ2n) is 2.75. The lowest BCUT2D eigenvalue weighted by Crippen LogP contribution is -2.28. The van der Waals surface area contributed by atoms with Gasteiger partial charge in [0.25, 0.3) is 0 Å². The quantitative estimate of drug-likeness (QED) is 0.599. The molecule has 1 saturated carbocycles. The van der Waals surface area contributed by atoms with Gasteiger partial charge in [0.1, 0.15) is 0 Å². The molecular weight excluding hydrogens is 239 g/mol. The van der Waals surface area contributed by atoms with E-state index in [-0.39, 0.29) is 0 Å². The number of allylic oxidation sites excluding steroid dienone is 4. The summed E-state index contributed by atoms with van der Waals surface area (Å²) in [6.07, 6.45) is 6.07. The highest BCUT2D eigenvalue weighted by Crippen LogP contribution is 2.38. The molecule has 0 aromatic heterocycles. The maximum atomic E-state index is 10.9. The zero-order valence-corrected chi connectivity index (χ0v) is 7.59. The van der Waals surface area contributed by atoms with E-state index in [4.69, 9.17) is 0 Å². The van der Waals surface area contributed by atoms with Gasteiger partial charge in [0.05, 0.1) is 0 Å². The number of fused-ring (bicyclic) bond motifs is 1. The molecule has 0 heterocycles. The molecule has 52 valence electrons. The molecule has 10 heavy (non-hydrogen) atoms. The number of ketones is 1. The molecule has 0 aromatic carbocycles. The normalized spacial score (nSPS) is 30.1. The minimum atomic E-state index is 0.354. The number of carbonyl (C=O) groups is 1. The Hall–Kier alpha value is -0.120. The smallest absolute Gasteiger partial charge is 0.159 e. The summed E-state index contributed by atoms with van der Waals surface area (Å²) in [6.45, 7) is 0. The number of rotatable bonds is 0. The highest BCUT2D eigenvalue weighted by atomic mass is 127. The van der Waals surface area contributed by atoms with E-state index >= 15 is 0 Å². The van der Waals surface area contributed by atoms with Gasteiger partial charge in [-0.2, -0.15) is 0 Å². The lowest BCUT2D eigenvalue weighted by atomic mass is 9.74. The number of halogens is 1. The fraction of sp³-hybridized carbons (Fsp3) is 0.375. The van der Waals surface area contributed by atoms with Gasteiger partial charge in [-0.15, -0.1) is 0 Å². The SMILES string of the molecule is O=C1CC2CC=C(I)C=C12. The predicted octanol–water partition coefficient (Wildman–Crippen LogP) is 2.22. The molecular formula is C8H7IO. The Morgan fingerprint density at radius 1 is 1.60 bits per heavy atom. The van der Waals surface area contributed by atoms with E-state index in [9.17, 15) is 4.79 Å². The molecule has 0 aliphatic heterocycles. The van der Waals surface area contributed by atoms with E-state index in [1.807, 2.05) is 6.08 Å². The lowest BCUT2D eigenvalue weighted by Gasteiger charge is -2.29. The first kappa shape index (κ1) is 6.58. The van der Waals surface area contributed by atoms with Crippen molar-refractivity contribution in [2.45, 2.75) is 12.8 Å². The second kappa shape index (κ2) is 2.19. The largest absolute Gasteiger partial charge is 0.295 e. The minimum Gasteiger partial charge on any atom is -0.295 e. The lowest BCUT2D eigenvalue weighted by molar-refractivity contribution is -0.120. The summed E-state index contributed by atoms with van der Waals surface area (Å²) in [5.41, 5.74) is 1.06.